The molecule has 0 aromatic carbocycles. The Balaban J connectivity index is 1.79. The van der Waals surface area contributed by atoms with Gasteiger partial charge in [-0.1, -0.05) is 20.8 Å². The van der Waals surface area contributed by atoms with Gasteiger partial charge in [-0.3, -0.25) is 0 Å². The first kappa shape index (κ1) is 15.3. The van der Waals surface area contributed by atoms with Gasteiger partial charge in [0.1, 0.15) is 0 Å². The average molecular weight is 269 g/mol. The number of ether oxygens (including phenoxy) is 1. The summed E-state index contributed by atoms with van der Waals surface area (Å²) in [4.78, 5) is 2.02. The molecule has 2 bridgehead atoms. The number of hydrogen-bond acceptors (Lipinski definition) is 3. The predicted molar refractivity (Wildman–Crippen MR) is 78.1 cm³/mol. The second-order valence-corrected chi connectivity index (χ2v) is 7.67. The zero-order valence-corrected chi connectivity index (χ0v) is 13.3. The molecule has 19 heavy (non-hydrogen) atoms. The van der Waals surface area contributed by atoms with Crippen LogP contribution in [-0.4, -0.2) is 49.5 Å². The number of aliphatic hydroxyl groups excluding tert-OH is 1. The van der Waals surface area contributed by atoms with Crippen LogP contribution in [0.5, 0.6) is 0 Å². The lowest BCUT2D eigenvalue weighted by Crippen LogP contribution is -2.37. The van der Waals surface area contributed by atoms with Crippen molar-refractivity contribution >= 4 is 0 Å². The van der Waals surface area contributed by atoms with Gasteiger partial charge >= 0.3 is 0 Å². The standard InChI is InChI=1S/C16H31NO2/c1-15(2)12-6-8-16(15,3)14(10-12)19-9-7-13(18)11-17(4)5/h12-14,18H,6-11H2,1-5H3/t12-,13-,14+,16-/m0/s1. The SMILES string of the molecule is CN(C)C[C@@H](O)CCO[C@@H]1C[C@@H]2CC[C@]1(C)C2(C)C. The summed E-state index contributed by atoms with van der Waals surface area (Å²) in [6, 6.07) is 0. The molecule has 0 heterocycles. The van der Waals surface area contributed by atoms with Crippen LogP contribution >= 0.6 is 0 Å². The third-order valence-electron chi connectivity index (χ3n) is 6.06. The third kappa shape index (κ3) is 2.70. The highest BCUT2D eigenvalue weighted by molar-refractivity contribution is 5.11. The molecule has 0 amide bonds. The van der Waals surface area contributed by atoms with Crippen molar-refractivity contribution in [1.82, 2.24) is 4.90 Å². The lowest BCUT2D eigenvalue weighted by atomic mass is 9.70. The van der Waals surface area contributed by atoms with E-state index in [1.807, 2.05) is 19.0 Å². The van der Waals surface area contributed by atoms with Gasteiger partial charge in [-0.05, 0) is 56.5 Å². The summed E-state index contributed by atoms with van der Waals surface area (Å²) in [6.45, 7) is 8.64. The predicted octanol–water partition coefficient (Wildman–Crippen LogP) is 2.53. The van der Waals surface area contributed by atoms with Crippen molar-refractivity contribution in [2.75, 3.05) is 27.2 Å². The van der Waals surface area contributed by atoms with Gasteiger partial charge in [0.2, 0.25) is 0 Å². The highest BCUT2D eigenvalue weighted by Gasteiger charge is 2.61. The van der Waals surface area contributed by atoms with Gasteiger partial charge in [-0.2, -0.15) is 0 Å². The van der Waals surface area contributed by atoms with Gasteiger partial charge < -0.3 is 14.7 Å². The number of rotatable bonds is 6. The zero-order valence-electron chi connectivity index (χ0n) is 13.3. The molecule has 0 unspecified atom stereocenters. The Kier molecular flexibility index (Phi) is 4.29. The van der Waals surface area contributed by atoms with Crippen molar-refractivity contribution in [2.45, 2.75) is 58.7 Å². The lowest BCUT2D eigenvalue weighted by molar-refractivity contribution is -0.0557. The normalized spacial score (nSPS) is 38.1. The molecule has 0 saturated heterocycles. The Morgan fingerprint density at radius 2 is 2.00 bits per heavy atom. The van der Waals surface area contributed by atoms with Crippen LogP contribution in [0.4, 0.5) is 0 Å². The summed E-state index contributed by atoms with van der Waals surface area (Å²) in [5.41, 5.74) is 0.754. The van der Waals surface area contributed by atoms with E-state index in [1.165, 1.54) is 19.3 Å². The van der Waals surface area contributed by atoms with Gasteiger partial charge in [0.05, 0.1) is 12.2 Å². The number of nitrogens with zero attached hydrogens (tertiary/aromatic N) is 1. The largest absolute Gasteiger partial charge is 0.392 e. The highest BCUT2D eigenvalue weighted by Crippen LogP contribution is 2.66. The Bertz CT molecular complexity index is 316. The van der Waals surface area contributed by atoms with Crippen LogP contribution in [0.1, 0.15) is 46.5 Å². The Hall–Kier alpha value is -0.120. The van der Waals surface area contributed by atoms with Crippen LogP contribution < -0.4 is 0 Å². The fourth-order valence-electron chi connectivity index (χ4n) is 4.24. The second-order valence-electron chi connectivity index (χ2n) is 7.67. The average Bonchev–Trinajstić information content (AvgIpc) is 2.60. The molecule has 2 aliphatic rings. The molecule has 112 valence electrons. The fraction of sp³-hybridized carbons (Fsp3) is 1.00. The van der Waals surface area contributed by atoms with E-state index in [0.717, 1.165) is 18.9 Å². The van der Waals surface area contributed by atoms with Crippen molar-refractivity contribution in [3.63, 3.8) is 0 Å². The van der Waals surface area contributed by atoms with E-state index in [4.69, 9.17) is 4.74 Å². The molecule has 0 spiro atoms. The summed E-state index contributed by atoms with van der Waals surface area (Å²) in [5, 5.41) is 9.87. The minimum atomic E-state index is -0.269. The summed E-state index contributed by atoms with van der Waals surface area (Å²) >= 11 is 0. The van der Waals surface area contributed by atoms with E-state index in [1.54, 1.807) is 0 Å². The first-order valence-electron chi connectivity index (χ1n) is 7.72. The fourth-order valence-corrected chi connectivity index (χ4v) is 4.24. The van der Waals surface area contributed by atoms with Crippen LogP contribution in [0, 0.1) is 16.7 Å². The van der Waals surface area contributed by atoms with Crippen molar-refractivity contribution in [2.24, 2.45) is 16.7 Å². The van der Waals surface area contributed by atoms with Crippen LogP contribution in [0.3, 0.4) is 0 Å². The topological polar surface area (TPSA) is 32.7 Å². The van der Waals surface area contributed by atoms with E-state index in [2.05, 4.69) is 20.8 Å². The molecule has 4 atom stereocenters. The second kappa shape index (κ2) is 5.34. The van der Waals surface area contributed by atoms with E-state index in [-0.39, 0.29) is 6.10 Å². The summed E-state index contributed by atoms with van der Waals surface area (Å²) < 4.78 is 6.15. The van der Waals surface area contributed by atoms with Crippen molar-refractivity contribution in [1.29, 1.82) is 0 Å². The first-order valence-corrected chi connectivity index (χ1v) is 7.72. The molecule has 2 rings (SSSR count). The zero-order chi connectivity index (χ0) is 14.3. The van der Waals surface area contributed by atoms with Crippen molar-refractivity contribution in [3.05, 3.63) is 0 Å². The van der Waals surface area contributed by atoms with Crippen LogP contribution in [-0.2, 0) is 4.74 Å². The quantitative estimate of drug-likeness (QED) is 0.804. The molecule has 3 nitrogen and oxygen atoms in total. The van der Waals surface area contributed by atoms with E-state index in [9.17, 15) is 5.11 Å². The Morgan fingerprint density at radius 1 is 1.32 bits per heavy atom. The third-order valence-corrected chi connectivity index (χ3v) is 6.06. The van der Waals surface area contributed by atoms with Gasteiger partial charge in [-0.25, -0.2) is 0 Å². The van der Waals surface area contributed by atoms with E-state index < -0.39 is 0 Å². The molecule has 2 saturated carbocycles. The van der Waals surface area contributed by atoms with Gasteiger partial charge in [0.25, 0.3) is 0 Å². The molecular formula is C16H31NO2. The Labute approximate surface area is 118 Å². The summed E-state index contributed by atoms with van der Waals surface area (Å²) in [7, 11) is 3.98. The minimum absolute atomic E-state index is 0.269. The lowest BCUT2D eigenvalue weighted by Gasteiger charge is -2.39. The van der Waals surface area contributed by atoms with Crippen molar-refractivity contribution < 1.29 is 9.84 Å². The molecule has 0 radical (unpaired) electrons. The minimum Gasteiger partial charge on any atom is -0.392 e. The first-order chi connectivity index (χ1) is 8.77. The molecule has 0 aromatic rings. The highest BCUT2D eigenvalue weighted by atomic mass is 16.5. The number of fused-ring (bicyclic) bond motifs is 2. The maximum absolute atomic E-state index is 9.87. The maximum Gasteiger partial charge on any atom is 0.0688 e. The van der Waals surface area contributed by atoms with Crippen LogP contribution in [0.15, 0.2) is 0 Å². The Morgan fingerprint density at radius 3 is 2.47 bits per heavy atom. The number of likely N-dealkylation sites (N-methyl/N-ethyl adjacent to an activating group) is 1. The monoisotopic (exact) mass is 269 g/mol. The molecule has 1 N–H and O–H groups in total. The van der Waals surface area contributed by atoms with Gasteiger partial charge in [0.15, 0.2) is 0 Å². The van der Waals surface area contributed by atoms with Crippen LogP contribution in [0.2, 0.25) is 0 Å². The molecule has 0 aliphatic heterocycles. The van der Waals surface area contributed by atoms with E-state index in [0.29, 0.717) is 23.5 Å². The maximum atomic E-state index is 9.87. The summed E-state index contributed by atoms with van der Waals surface area (Å²) in [6.07, 6.45) is 4.76. The molecular weight excluding hydrogens is 238 g/mol. The van der Waals surface area contributed by atoms with Gasteiger partial charge in [0, 0.05) is 13.2 Å². The smallest absolute Gasteiger partial charge is 0.0688 e. The number of aliphatic hydroxyl groups is 1. The molecule has 3 heteroatoms. The molecule has 2 aliphatic carbocycles. The molecule has 0 aromatic heterocycles. The van der Waals surface area contributed by atoms with E-state index >= 15 is 0 Å². The summed E-state index contributed by atoms with van der Waals surface area (Å²) in [5.74, 6) is 0.828. The van der Waals surface area contributed by atoms with Crippen LogP contribution in [0.25, 0.3) is 0 Å². The molecule has 2 fully saturated rings. The van der Waals surface area contributed by atoms with Gasteiger partial charge in [-0.15, -0.1) is 0 Å². The van der Waals surface area contributed by atoms with Crippen molar-refractivity contribution in [3.8, 4) is 0 Å². The number of hydrogen-bond donors (Lipinski definition) is 1.